The summed E-state index contributed by atoms with van der Waals surface area (Å²) in [7, 11) is -0.0326. The van der Waals surface area contributed by atoms with Crippen molar-refractivity contribution in [2.24, 2.45) is 10.3 Å². The average molecular weight is 447 g/mol. The normalized spacial score (nSPS) is 21.3. The van der Waals surface area contributed by atoms with E-state index in [1.165, 1.54) is 28.9 Å². The van der Waals surface area contributed by atoms with Gasteiger partial charge in [-0.05, 0) is 43.5 Å². The molecule has 3 aromatic rings. The number of benzene rings is 2. The zero-order valence-corrected chi connectivity index (χ0v) is 19.4. The second-order valence-corrected chi connectivity index (χ2v) is 11.0. The summed E-state index contributed by atoms with van der Waals surface area (Å²) in [6.45, 7) is 7.00. The predicted molar refractivity (Wildman–Crippen MR) is 133 cm³/mol. The van der Waals surface area contributed by atoms with Crippen LogP contribution in [0.1, 0.15) is 24.0 Å². The third-order valence-electron chi connectivity index (χ3n) is 6.51. The van der Waals surface area contributed by atoms with Crippen molar-refractivity contribution in [2.75, 3.05) is 42.1 Å². The Labute approximate surface area is 191 Å². The second kappa shape index (κ2) is 8.45. The van der Waals surface area contributed by atoms with Crippen LogP contribution >= 0.6 is 0 Å². The lowest BCUT2D eigenvalue weighted by Gasteiger charge is -2.28. The molecule has 1 saturated heterocycles. The summed E-state index contributed by atoms with van der Waals surface area (Å²) in [6.07, 6.45) is 2.52. The summed E-state index contributed by atoms with van der Waals surface area (Å²) < 4.78 is 5.16. The zero-order valence-electron chi connectivity index (χ0n) is 18.6. The van der Waals surface area contributed by atoms with Gasteiger partial charge in [0, 0.05) is 54.7 Å². The van der Waals surface area contributed by atoms with Crippen molar-refractivity contribution in [1.82, 2.24) is 15.3 Å². The minimum atomic E-state index is -0.0326. The van der Waals surface area contributed by atoms with Gasteiger partial charge in [-0.15, -0.1) is 0 Å². The summed E-state index contributed by atoms with van der Waals surface area (Å²) in [5.74, 6) is 3.49. The van der Waals surface area contributed by atoms with E-state index in [1.807, 2.05) is 0 Å². The fraction of sp³-hybridized carbons (Fsp3) is 0.440. The smallest absolute Gasteiger partial charge is 0.228 e. The van der Waals surface area contributed by atoms with Crippen LogP contribution in [0.25, 0.3) is 10.9 Å². The summed E-state index contributed by atoms with van der Waals surface area (Å²) in [6, 6.07) is 15.9. The zero-order chi connectivity index (χ0) is 21.5. The molecule has 0 bridgehead atoms. The molecule has 6 rings (SSSR count). The van der Waals surface area contributed by atoms with Crippen LogP contribution in [0.5, 0.6) is 0 Å². The molecule has 6 nitrogen and oxygen atoms in total. The van der Waals surface area contributed by atoms with Crippen LogP contribution in [0.15, 0.2) is 51.7 Å². The summed E-state index contributed by atoms with van der Waals surface area (Å²) in [4.78, 5) is 13.8. The average Bonchev–Trinajstić information content (AvgIpc) is 3.60. The third kappa shape index (κ3) is 4.11. The molecule has 1 atom stereocenters. The van der Waals surface area contributed by atoms with Crippen LogP contribution in [0.3, 0.4) is 0 Å². The Bertz CT molecular complexity index is 1180. The highest BCUT2D eigenvalue weighted by atomic mass is 32.2. The monoisotopic (exact) mass is 446 g/mol. The first-order chi connectivity index (χ1) is 15.7. The molecule has 0 radical (unpaired) electrons. The van der Waals surface area contributed by atoms with E-state index >= 15 is 0 Å². The van der Waals surface area contributed by atoms with E-state index in [-0.39, 0.29) is 10.7 Å². The van der Waals surface area contributed by atoms with E-state index in [4.69, 9.17) is 14.3 Å². The van der Waals surface area contributed by atoms with Crippen LogP contribution in [0.4, 0.5) is 11.8 Å². The van der Waals surface area contributed by atoms with Gasteiger partial charge in [0.25, 0.3) is 0 Å². The molecule has 32 heavy (non-hydrogen) atoms. The highest BCUT2D eigenvalue weighted by Crippen LogP contribution is 2.31. The first-order valence-electron chi connectivity index (χ1n) is 11.7. The number of rotatable bonds is 5. The third-order valence-corrected chi connectivity index (χ3v) is 8.54. The molecule has 2 N–H and O–H groups in total. The number of fused-ring (bicyclic) bond motifs is 2. The van der Waals surface area contributed by atoms with E-state index < -0.39 is 0 Å². The van der Waals surface area contributed by atoms with E-state index in [9.17, 15) is 0 Å². The van der Waals surface area contributed by atoms with Gasteiger partial charge >= 0.3 is 0 Å². The topological polar surface area (TPSA) is 65.4 Å². The lowest BCUT2D eigenvalue weighted by atomic mass is 10.0. The Kier molecular flexibility index (Phi) is 5.31. The minimum Gasteiger partial charge on any atom is -0.369 e. The van der Waals surface area contributed by atoms with Gasteiger partial charge in [0.1, 0.15) is 5.82 Å². The fourth-order valence-corrected chi connectivity index (χ4v) is 6.41. The number of aromatic nitrogens is 2. The Hall–Kier alpha value is -2.51. The second-order valence-electron chi connectivity index (χ2n) is 9.23. The summed E-state index contributed by atoms with van der Waals surface area (Å²) in [5, 5.41) is 8.11. The number of hydrogen-bond acceptors (Lipinski definition) is 6. The summed E-state index contributed by atoms with van der Waals surface area (Å²) >= 11 is 0. The molecule has 2 aliphatic heterocycles. The molecular weight excluding hydrogens is 416 g/mol. The van der Waals surface area contributed by atoms with Gasteiger partial charge in [-0.25, -0.2) is 4.98 Å². The predicted octanol–water partition coefficient (Wildman–Crippen LogP) is 3.91. The minimum absolute atomic E-state index is 0.0326. The van der Waals surface area contributed by atoms with Crippen molar-refractivity contribution >= 4 is 33.4 Å². The molecule has 166 valence electrons. The number of hydrogen-bond donors (Lipinski definition) is 2. The molecule has 2 aromatic carbocycles. The number of nitrogens with one attached hydrogen (secondary N) is 2. The quantitative estimate of drug-likeness (QED) is 0.622. The van der Waals surface area contributed by atoms with Crippen LogP contribution in [0.2, 0.25) is 0 Å². The maximum absolute atomic E-state index is 5.16. The SMILES string of the molecule is Cc1ccc2nc(N3CCS(=NC4CC4)c4ccccc4C3)nc(NCC3CNC3)c2c1. The Morgan fingerprint density at radius 3 is 2.84 bits per heavy atom. The van der Waals surface area contributed by atoms with Crippen LogP contribution in [-0.4, -0.2) is 47.9 Å². The molecule has 1 aliphatic carbocycles. The first-order valence-corrected chi connectivity index (χ1v) is 13.1. The molecule has 1 unspecified atom stereocenters. The van der Waals surface area contributed by atoms with Crippen LogP contribution < -0.4 is 15.5 Å². The molecule has 1 aromatic heterocycles. The van der Waals surface area contributed by atoms with Gasteiger partial charge in [-0.1, -0.05) is 40.5 Å². The van der Waals surface area contributed by atoms with Crippen LogP contribution in [-0.2, 0) is 17.2 Å². The van der Waals surface area contributed by atoms with E-state index in [0.29, 0.717) is 12.0 Å². The molecular formula is C25H30N6S. The first kappa shape index (κ1) is 20.1. The van der Waals surface area contributed by atoms with E-state index in [2.05, 4.69) is 64.9 Å². The van der Waals surface area contributed by atoms with Gasteiger partial charge in [0.15, 0.2) is 0 Å². The van der Waals surface area contributed by atoms with Crippen molar-refractivity contribution in [2.45, 2.75) is 37.2 Å². The van der Waals surface area contributed by atoms with Crippen molar-refractivity contribution in [3.05, 3.63) is 53.6 Å². The molecule has 2 fully saturated rings. The van der Waals surface area contributed by atoms with Crippen molar-refractivity contribution in [3.8, 4) is 0 Å². The maximum Gasteiger partial charge on any atom is 0.228 e. The maximum atomic E-state index is 5.16. The lowest BCUT2D eigenvalue weighted by Crippen LogP contribution is -2.45. The van der Waals surface area contributed by atoms with E-state index in [1.54, 1.807) is 0 Å². The highest BCUT2D eigenvalue weighted by Gasteiger charge is 2.25. The van der Waals surface area contributed by atoms with Gasteiger partial charge in [0.2, 0.25) is 5.95 Å². The Balaban J connectivity index is 1.36. The fourth-order valence-electron chi connectivity index (χ4n) is 4.34. The van der Waals surface area contributed by atoms with Crippen molar-refractivity contribution in [3.63, 3.8) is 0 Å². The number of anilines is 2. The number of aryl methyl sites for hydroxylation is 1. The Morgan fingerprint density at radius 1 is 1.16 bits per heavy atom. The van der Waals surface area contributed by atoms with Crippen LogP contribution in [0, 0.1) is 12.8 Å². The highest BCUT2D eigenvalue weighted by molar-refractivity contribution is 7.87. The molecule has 0 spiro atoms. The molecule has 3 heterocycles. The van der Waals surface area contributed by atoms with Gasteiger partial charge < -0.3 is 15.5 Å². The lowest BCUT2D eigenvalue weighted by molar-refractivity contribution is 0.365. The van der Waals surface area contributed by atoms with Crippen molar-refractivity contribution in [1.29, 1.82) is 0 Å². The number of nitrogens with zero attached hydrogens (tertiary/aromatic N) is 4. The largest absolute Gasteiger partial charge is 0.369 e. The van der Waals surface area contributed by atoms with Crippen molar-refractivity contribution < 1.29 is 0 Å². The molecule has 7 heteroatoms. The van der Waals surface area contributed by atoms with E-state index in [0.717, 1.165) is 61.1 Å². The standard InChI is InChI=1S/C25H30N6S/c1-17-6-9-22-21(12-17)24(27-15-18-13-26-14-18)29-25(28-22)31-10-11-32(30-20-7-8-20)23-5-3-2-4-19(23)16-31/h2-6,9,12,18,20,26H,7-8,10-11,13-16H2,1H3,(H,27,28,29). The molecule has 1 saturated carbocycles. The Morgan fingerprint density at radius 2 is 2.03 bits per heavy atom. The van der Waals surface area contributed by atoms with Gasteiger partial charge in [-0.2, -0.15) is 4.98 Å². The molecule has 3 aliphatic rings. The molecule has 0 amide bonds. The van der Waals surface area contributed by atoms with Gasteiger partial charge in [-0.3, -0.25) is 4.36 Å². The van der Waals surface area contributed by atoms with Gasteiger partial charge in [0.05, 0.1) is 11.6 Å². The summed E-state index contributed by atoms with van der Waals surface area (Å²) in [5.41, 5.74) is 3.60.